The molecular weight excluding hydrogens is 462 g/mol. The van der Waals surface area contributed by atoms with Gasteiger partial charge in [-0.2, -0.15) is 9.78 Å². The van der Waals surface area contributed by atoms with Gasteiger partial charge in [0, 0.05) is 13.0 Å². The topological polar surface area (TPSA) is 127 Å². The summed E-state index contributed by atoms with van der Waals surface area (Å²) in [5.74, 6) is -0.338. The van der Waals surface area contributed by atoms with Gasteiger partial charge >= 0.3 is 12.2 Å². The summed E-state index contributed by atoms with van der Waals surface area (Å²) in [5, 5.41) is 15.5. The fourth-order valence-electron chi connectivity index (χ4n) is 4.40. The predicted molar refractivity (Wildman–Crippen MR) is 132 cm³/mol. The van der Waals surface area contributed by atoms with Gasteiger partial charge in [-0.1, -0.05) is 48.5 Å². The van der Waals surface area contributed by atoms with Gasteiger partial charge in [-0.25, -0.2) is 14.6 Å². The molecule has 5 rings (SSSR count). The van der Waals surface area contributed by atoms with E-state index in [2.05, 4.69) is 27.5 Å². The number of anilines is 1. The molecule has 10 nitrogen and oxygen atoms in total. The number of nitrogens with one attached hydrogen (secondary N) is 1. The summed E-state index contributed by atoms with van der Waals surface area (Å²) in [6.07, 6.45) is -0.557. The zero-order valence-electron chi connectivity index (χ0n) is 19.6. The molecule has 0 fully saturated rings. The maximum absolute atomic E-state index is 12.8. The maximum atomic E-state index is 12.8. The summed E-state index contributed by atoms with van der Waals surface area (Å²) in [6, 6.07) is 18.2. The van der Waals surface area contributed by atoms with Crippen molar-refractivity contribution in [2.45, 2.75) is 18.9 Å². The second-order valence-corrected chi connectivity index (χ2v) is 8.52. The molecule has 2 amide bonds. The van der Waals surface area contributed by atoms with Crippen LogP contribution in [0.2, 0.25) is 0 Å². The number of aromatic nitrogens is 3. The maximum Gasteiger partial charge on any atom is 0.432 e. The number of ether oxygens (including phenoxy) is 1. The molecule has 0 aliphatic heterocycles. The van der Waals surface area contributed by atoms with E-state index < -0.39 is 24.1 Å². The number of amides is 2. The number of pyridine rings is 1. The average molecular weight is 486 g/mol. The Morgan fingerprint density at radius 2 is 1.69 bits per heavy atom. The Balaban J connectivity index is 1.23. The standard InChI is InChI=1S/C26H23N5O5/c1-15(24(32)29-23-12-11-22-21(28-23)13-27-31(22)25(33)34)30(2)26(35)36-14-20-18-9-5-3-7-16(18)17-8-4-6-10-19(17)20/h3-13,15,20H,14H2,1-2H3,(H,33,34)(H,28,29,32)/t15-/m1/s1. The van der Waals surface area contributed by atoms with Crippen LogP contribution in [0, 0.1) is 0 Å². The van der Waals surface area contributed by atoms with Gasteiger partial charge in [0.25, 0.3) is 0 Å². The average Bonchev–Trinajstić information content (AvgIpc) is 3.45. The van der Waals surface area contributed by atoms with Gasteiger partial charge in [0.2, 0.25) is 5.91 Å². The summed E-state index contributed by atoms with van der Waals surface area (Å²) in [5.41, 5.74) is 5.08. The first kappa shape index (κ1) is 23.0. The van der Waals surface area contributed by atoms with Crippen LogP contribution >= 0.6 is 0 Å². The Morgan fingerprint density at radius 3 is 2.33 bits per heavy atom. The predicted octanol–water partition coefficient (Wildman–Crippen LogP) is 4.17. The third-order valence-corrected chi connectivity index (χ3v) is 6.44. The molecule has 2 N–H and O–H groups in total. The van der Waals surface area contributed by atoms with Gasteiger partial charge in [0.15, 0.2) is 0 Å². The highest BCUT2D eigenvalue weighted by molar-refractivity contribution is 5.96. The van der Waals surface area contributed by atoms with Crippen LogP contribution in [0.1, 0.15) is 24.0 Å². The van der Waals surface area contributed by atoms with Gasteiger partial charge < -0.3 is 15.2 Å². The number of carbonyl (C=O) groups is 3. The minimum absolute atomic E-state index is 0.0819. The van der Waals surface area contributed by atoms with E-state index in [0.29, 0.717) is 11.0 Å². The lowest BCUT2D eigenvalue weighted by Crippen LogP contribution is -2.43. The molecule has 2 aromatic heterocycles. The highest BCUT2D eigenvalue weighted by Crippen LogP contribution is 2.44. The van der Waals surface area contributed by atoms with E-state index in [4.69, 9.17) is 9.84 Å². The number of hydrogen-bond acceptors (Lipinski definition) is 6. The molecule has 182 valence electrons. The molecule has 10 heteroatoms. The first-order valence-electron chi connectivity index (χ1n) is 11.3. The molecule has 1 atom stereocenters. The Kier molecular flexibility index (Phi) is 5.85. The van der Waals surface area contributed by atoms with Crippen LogP contribution in [0.3, 0.4) is 0 Å². The number of carboxylic acid groups (broad SMARTS) is 1. The van der Waals surface area contributed by atoms with E-state index in [1.54, 1.807) is 6.92 Å². The summed E-state index contributed by atoms with van der Waals surface area (Å²) in [6.45, 7) is 1.73. The van der Waals surface area contributed by atoms with Crippen molar-refractivity contribution in [1.82, 2.24) is 19.7 Å². The minimum Gasteiger partial charge on any atom is -0.463 e. The van der Waals surface area contributed by atoms with Gasteiger partial charge in [0.1, 0.15) is 24.0 Å². The highest BCUT2D eigenvalue weighted by atomic mass is 16.6. The number of likely N-dealkylation sites (N-methyl/N-ethyl adjacent to an activating group) is 1. The minimum atomic E-state index is -1.23. The third kappa shape index (κ3) is 4.02. The number of rotatable bonds is 5. The molecule has 1 aliphatic rings. The molecule has 4 aromatic rings. The van der Waals surface area contributed by atoms with Crippen molar-refractivity contribution in [1.29, 1.82) is 0 Å². The van der Waals surface area contributed by atoms with Crippen LogP contribution in [0.15, 0.2) is 66.9 Å². The largest absolute Gasteiger partial charge is 0.463 e. The zero-order valence-corrected chi connectivity index (χ0v) is 19.6. The SMILES string of the molecule is C[C@H](C(=O)Nc1ccc2c(cnn2C(=O)O)n1)N(C)C(=O)OCC1c2ccccc2-c2ccccc21. The first-order valence-corrected chi connectivity index (χ1v) is 11.3. The van der Waals surface area contributed by atoms with Crippen LogP contribution in [-0.4, -0.2) is 62.6 Å². The van der Waals surface area contributed by atoms with Crippen LogP contribution in [0.4, 0.5) is 15.4 Å². The molecule has 0 spiro atoms. The lowest BCUT2D eigenvalue weighted by atomic mass is 9.98. The summed E-state index contributed by atoms with van der Waals surface area (Å²) in [7, 11) is 1.50. The number of carbonyl (C=O) groups excluding carboxylic acids is 2. The smallest absolute Gasteiger partial charge is 0.432 e. The van der Waals surface area contributed by atoms with E-state index in [-0.39, 0.29) is 18.3 Å². The van der Waals surface area contributed by atoms with E-state index in [0.717, 1.165) is 26.9 Å². The first-order chi connectivity index (χ1) is 17.3. The van der Waals surface area contributed by atoms with Crippen LogP contribution < -0.4 is 5.32 Å². The monoisotopic (exact) mass is 485 g/mol. The van der Waals surface area contributed by atoms with Crippen molar-refractivity contribution in [3.8, 4) is 11.1 Å². The van der Waals surface area contributed by atoms with E-state index in [1.165, 1.54) is 30.3 Å². The second-order valence-electron chi connectivity index (χ2n) is 8.52. The van der Waals surface area contributed by atoms with Gasteiger partial charge in [0.05, 0.1) is 11.7 Å². The lowest BCUT2D eigenvalue weighted by molar-refractivity contribution is -0.120. The molecule has 2 aromatic carbocycles. The normalized spacial score (nSPS) is 13.1. The van der Waals surface area contributed by atoms with Crippen LogP contribution in [0.5, 0.6) is 0 Å². The zero-order chi connectivity index (χ0) is 25.4. The molecule has 0 saturated carbocycles. The van der Waals surface area contributed by atoms with E-state index in [1.807, 2.05) is 36.4 Å². The highest BCUT2D eigenvalue weighted by Gasteiger charge is 2.30. The Labute approximate surface area is 206 Å². The van der Waals surface area contributed by atoms with Crippen molar-refractivity contribution in [2.75, 3.05) is 19.0 Å². The molecule has 0 saturated heterocycles. The second kappa shape index (κ2) is 9.14. The molecule has 1 aliphatic carbocycles. The van der Waals surface area contributed by atoms with Crippen LogP contribution in [0.25, 0.3) is 22.2 Å². The molecular formula is C26H23N5O5. The quantitative estimate of drug-likeness (QED) is 0.434. The van der Waals surface area contributed by atoms with Crippen LogP contribution in [-0.2, 0) is 9.53 Å². The summed E-state index contributed by atoms with van der Waals surface area (Å²) in [4.78, 5) is 42.2. The van der Waals surface area contributed by atoms with Crippen molar-refractivity contribution >= 4 is 34.9 Å². The fourth-order valence-corrected chi connectivity index (χ4v) is 4.40. The molecule has 0 radical (unpaired) electrons. The van der Waals surface area contributed by atoms with Gasteiger partial charge in [-0.05, 0) is 41.3 Å². The molecule has 0 bridgehead atoms. The van der Waals surface area contributed by atoms with Crippen molar-refractivity contribution in [2.24, 2.45) is 0 Å². The Hall–Kier alpha value is -4.73. The molecule has 36 heavy (non-hydrogen) atoms. The number of fused-ring (bicyclic) bond motifs is 4. The molecule has 0 unspecified atom stereocenters. The number of hydrogen-bond donors (Lipinski definition) is 2. The van der Waals surface area contributed by atoms with E-state index in [9.17, 15) is 14.4 Å². The van der Waals surface area contributed by atoms with Crippen molar-refractivity contribution < 1.29 is 24.2 Å². The van der Waals surface area contributed by atoms with E-state index >= 15 is 0 Å². The van der Waals surface area contributed by atoms with Gasteiger partial charge in [-0.15, -0.1) is 0 Å². The third-order valence-electron chi connectivity index (χ3n) is 6.44. The fraction of sp³-hybridized carbons (Fsp3) is 0.192. The van der Waals surface area contributed by atoms with Crippen molar-refractivity contribution in [3.63, 3.8) is 0 Å². The summed E-state index contributed by atoms with van der Waals surface area (Å²) < 4.78 is 6.42. The van der Waals surface area contributed by atoms with Gasteiger partial charge in [-0.3, -0.25) is 9.69 Å². The Morgan fingerprint density at radius 1 is 1.06 bits per heavy atom. The number of benzene rings is 2. The van der Waals surface area contributed by atoms with Crippen molar-refractivity contribution in [3.05, 3.63) is 78.0 Å². The lowest BCUT2D eigenvalue weighted by Gasteiger charge is -2.24. The Bertz CT molecular complexity index is 1450. The number of nitrogens with zero attached hydrogens (tertiary/aromatic N) is 4. The molecule has 2 heterocycles. The summed E-state index contributed by atoms with van der Waals surface area (Å²) >= 11 is 0.